The van der Waals surface area contributed by atoms with E-state index in [0.29, 0.717) is 5.02 Å². The van der Waals surface area contributed by atoms with E-state index >= 15 is 0 Å². The van der Waals surface area contributed by atoms with Gasteiger partial charge in [-0.15, -0.1) is 0 Å². The van der Waals surface area contributed by atoms with Gasteiger partial charge in [-0.3, -0.25) is 4.79 Å². The molecule has 1 amide bonds. The molecule has 7 heteroatoms. The third kappa shape index (κ3) is 3.35. The fourth-order valence-corrected chi connectivity index (χ4v) is 1.87. The molecule has 0 spiro atoms. The van der Waals surface area contributed by atoms with E-state index in [4.69, 9.17) is 26.5 Å². The summed E-state index contributed by atoms with van der Waals surface area (Å²) in [5, 5.41) is 0.391. The Balaban J connectivity index is 2.21. The molecule has 0 saturated carbocycles. The van der Waals surface area contributed by atoms with E-state index in [1.54, 1.807) is 0 Å². The van der Waals surface area contributed by atoms with E-state index in [0.717, 1.165) is 0 Å². The molecule has 0 aliphatic rings. The van der Waals surface area contributed by atoms with Gasteiger partial charge in [0.05, 0.1) is 18.9 Å². The first-order valence-electron chi connectivity index (χ1n) is 5.89. The highest BCUT2D eigenvalue weighted by Crippen LogP contribution is 2.25. The highest BCUT2D eigenvalue weighted by molar-refractivity contribution is 6.30. The van der Waals surface area contributed by atoms with Gasteiger partial charge in [0.2, 0.25) is 0 Å². The topological polar surface area (TPSA) is 91.8 Å². The molecular weight excluding hydrogens is 298 g/mol. The monoisotopic (exact) mass is 309 g/mol. The van der Waals surface area contributed by atoms with Crippen molar-refractivity contribution in [2.24, 2.45) is 5.73 Å². The fourth-order valence-electron chi connectivity index (χ4n) is 1.71. The van der Waals surface area contributed by atoms with Crippen molar-refractivity contribution in [2.45, 2.75) is 6.61 Å². The molecule has 0 atom stereocenters. The zero-order chi connectivity index (χ0) is 15.4. The molecule has 0 saturated heterocycles. The third-order valence-electron chi connectivity index (χ3n) is 2.72. The highest BCUT2D eigenvalue weighted by Gasteiger charge is 2.17. The Labute approximate surface area is 125 Å². The van der Waals surface area contributed by atoms with Crippen LogP contribution in [0.15, 0.2) is 34.9 Å². The van der Waals surface area contributed by atoms with Crippen molar-refractivity contribution in [2.75, 3.05) is 7.11 Å². The molecule has 1 aromatic heterocycles. The van der Waals surface area contributed by atoms with Gasteiger partial charge in [0.25, 0.3) is 5.91 Å². The quantitative estimate of drug-likeness (QED) is 0.856. The first-order chi connectivity index (χ1) is 10.0. The number of ether oxygens (including phenoxy) is 2. The summed E-state index contributed by atoms with van der Waals surface area (Å²) in [5.41, 5.74) is 5.69. The molecule has 6 nitrogen and oxygen atoms in total. The van der Waals surface area contributed by atoms with Gasteiger partial charge in [-0.1, -0.05) is 11.6 Å². The Kier molecular flexibility index (Phi) is 4.49. The molecule has 2 aromatic rings. The predicted molar refractivity (Wildman–Crippen MR) is 74.3 cm³/mol. The van der Waals surface area contributed by atoms with Crippen LogP contribution in [0.5, 0.6) is 5.75 Å². The average molecular weight is 310 g/mol. The molecule has 0 unspecified atom stereocenters. The number of hydrogen-bond donors (Lipinski definition) is 1. The van der Waals surface area contributed by atoms with Crippen LogP contribution >= 0.6 is 11.6 Å². The summed E-state index contributed by atoms with van der Waals surface area (Å²) in [5.74, 6) is -0.697. The lowest BCUT2D eigenvalue weighted by Crippen LogP contribution is -2.13. The number of amides is 1. The summed E-state index contributed by atoms with van der Waals surface area (Å²) < 4.78 is 15.3. The van der Waals surface area contributed by atoms with Gasteiger partial charge in [0.15, 0.2) is 5.76 Å². The SMILES string of the molecule is COC(=O)c1ccoc1COc1cc(Cl)ccc1C(N)=O. The minimum atomic E-state index is -0.644. The van der Waals surface area contributed by atoms with Crippen LogP contribution in [0.25, 0.3) is 0 Å². The number of esters is 1. The molecule has 1 aromatic carbocycles. The molecule has 2 rings (SSSR count). The number of primary amides is 1. The second-order valence-corrected chi connectivity index (χ2v) is 4.48. The van der Waals surface area contributed by atoms with Crippen LogP contribution in [0.4, 0.5) is 0 Å². The lowest BCUT2D eigenvalue weighted by molar-refractivity contribution is 0.0595. The number of furan rings is 1. The first kappa shape index (κ1) is 14.9. The maximum absolute atomic E-state index is 11.5. The number of carbonyl (C=O) groups excluding carboxylic acids is 2. The predicted octanol–water partition coefficient (Wildman–Crippen LogP) is 2.40. The van der Waals surface area contributed by atoms with Crippen LogP contribution in [0.3, 0.4) is 0 Å². The van der Waals surface area contributed by atoms with Gasteiger partial charge in [-0.25, -0.2) is 4.79 Å². The normalized spacial score (nSPS) is 10.2. The first-order valence-corrected chi connectivity index (χ1v) is 6.27. The maximum Gasteiger partial charge on any atom is 0.341 e. The molecule has 2 N–H and O–H groups in total. The number of halogens is 1. The van der Waals surface area contributed by atoms with Crippen molar-refractivity contribution >= 4 is 23.5 Å². The molecule has 0 aliphatic heterocycles. The molecular formula is C14H12ClNO5. The molecule has 0 fully saturated rings. The van der Waals surface area contributed by atoms with Gasteiger partial charge in [-0.2, -0.15) is 0 Å². The summed E-state index contributed by atoms with van der Waals surface area (Å²) in [6.45, 7) is -0.0714. The van der Waals surface area contributed by atoms with Crippen LogP contribution in [0, 0.1) is 0 Å². The largest absolute Gasteiger partial charge is 0.485 e. The Bertz CT molecular complexity index is 680. The molecule has 21 heavy (non-hydrogen) atoms. The maximum atomic E-state index is 11.5. The second-order valence-electron chi connectivity index (χ2n) is 4.04. The smallest absolute Gasteiger partial charge is 0.341 e. The van der Waals surface area contributed by atoms with E-state index in [1.807, 2.05) is 0 Å². The van der Waals surface area contributed by atoms with Crippen molar-refractivity contribution in [3.8, 4) is 5.75 Å². The standard InChI is InChI=1S/C14H12ClNO5/c1-19-14(18)10-4-5-20-12(10)7-21-11-6-8(15)2-3-9(11)13(16)17/h2-6H,7H2,1H3,(H2,16,17). The molecule has 110 valence electrons. The zero-order valence-electron chi connectivity index (χ0n) is 11.1. The number of methoxy groups -OCH3 is 1. The second kappa shape index (κ2) is 6.32. The van der Waals surface area contributed by atoms with Crippen molar-refractivity contribution in [1.29, 1.82) is 0 Å². The van der Waals surface area contributed by atoms with Crippen LogP contribution in [0.1, 0.15) is 26.5 Å². The van der Waals surface area contributed by atoms with Crippen LogP contribution in [0.2, 0.25) is 5.02 Å². The lowest BCUT2D eigenvalue weighted by Gasteiger charge is -2.09. The van der Waals surface area contributed by atoms with E-state index in [-0.39, 0.29) is 29.2 Å². The third-order valence-corrected chi connectivity index (χ3v) is 2.95. The Morgan fingerprint density at radius 2 is 2.05 bits per heavy atom. The Hall–Kier alpha value is -2.47. The molecule has 1 heterocycles. The molecule has 0 aliphatic carbocycles. The van der Waals surface area contributed by atoms with Gasteiger partial charge < -0.3 is 19.6 Å². The lowest BCUT2D eigenvalue weighted by atomic mass is 10.2. The summed E-state index contributed by atoms with van der Waals surface area (Å²) in [6, 6.07) is 5.92. The van der Waals surface area contributed by atoms with E-state index in [2.05, 4.69) is 4.74 Å². The van der Waals surface area contributed by atoms with Crippen molar-refractivity contribution in [3.05, 3.63) is 52.4 Å². The average Bonchev–Trinajstić information content (AvgIpc) is 2.92. The number of rotatable bonds is 5. The number of nitrogens with two attached hydrogens (primary N) is 1. The van der Waals surface area contributed by atoms with Crippen molar-refractivity contribution in [1.82, 2.24) is 0 Å². The van der Waals surface area contributed by atoms with Crippen LogP contribution in [-0.2, 0) is 11.3 Å². The van der Waals surface area contributed by atoms with Gasteiger partial charge in [-0.05, 0) is 24.3 Å². The number of carbonyl (C=O) groups is 2. The van der Waals surface area contributed by atoms with E-state index in [9.17, 15) is 9.59 Å². The minimum absolute atomic E-state index is 0.0714. The van der Waals surface area contributed by atoms with Crippen molar-refractivity contribution in [3.63, 3.8) is 0 Å². The summed E-state index contributed by atoms with van der Waals surface area (Å²) >= 11 is 5.86. The van der Waals surface area contributed by atoms with Crippen LogP contribution < -0.4 is 10.5 Å². The Morgan fingerprint density at radius 3 is 2.71 bits per heavy atom. The number of hydrogen-bond acceptors (Lipinski definition) is 5. The van der Waals surface area contributed by atoms with E-state index < -0.39 is 11.9 Å². The van der Waals surface area contributed by atoms with Gasteiger partial charge in [0.1, 0.15) is 17.9 Å². The zero-order valence-corrected chi connectivity index (χ0v) is 11.8. The summed E-state index contributed by atoms with van der Waals surface area (Å²) in [7, 11) is 1.27. The van der Waals surface area contributed by atoms with Crippen LogP contribution in [-0.4, -0.2) is 19.0 Å². The van der Waals surface area contributed by atoms with Crippen molar-refractivity contribution < 1.29 is 23.5 Å². The summed E-state index contributed by atoms with van der Waals surface area (Å²) in [6.07, 6.45) is 1.35. The molecule has 0 radical (unpaired) electrons. The van der Waals surface area contributed by atoms with E-state index in [1.165, 1.54) is 37.6 Å². The van der Waals surface area contributed by atoms with Gasteiger partial charge >= 0.3 is 5.97 Å². The minimum Gasteiger partial charge on any atom is -0.485 e. The summed E-state index contributed by atoms with van der Waals surface area (Å²) in [4.78, 5) is 22.8. The van der Waals surface area contributed by atoms with Gasteiger partial charge in [0, 0.05) is 5.02 Å². The molecule has 0 bridgehead atoms. The highest BCUT2D eigenvalue weighted by atomic mass is 35.5. The number of benzene rings is 1. The fraction of sp³-hybridized carbons (Fsp3) is 0.143. The Morgan fingerprint density at radius 1 is 1.29 bits per heavy atom.